The highest BCUT2D eigenvalue weighted by molar-refractivity contribution is 7.92. The highest BCUT2D eigenvalue weighted by atomic mass is 35.5. The number of sulfone groups is 1. The molecule has 0 bridgehead atoms. The molecular formula is C12H17ClN2O2S2. The Morgan fingerprint density at radius 3 is 2.47 bits per heavy atom. The van der Waals surface area contributed by atoms with Gasteiger partial charge in [-0.05, 0) is 32.0 Å². The van der Waals surface area contributed by atoms with E-state index < -0.39 is 14.6 Å². The van der Waals surface area contributed by atoms with Gasteiger partial charge in [0.1, 0.15) is 4.99 Å². The van der Waals surface area contributed by atoms with Crippen molar-refractivity contribution in [3.63, 3.8) is 0 Å². The maximum absolute atomic E-state index is 11.6. The van der Waals surface area contributed by atoms with Gasteiger partial charge in [-0.3, -0.25) is 0 Å². The van der Waals surface area contributed by atoms with Crippen LogP contribution in [0.3, 0.4) is 0 Å². The molecule has 0 aliphatic heterocycles. The third kappa shape index (κ3) is 4.06. The molecule has 0 atom stereocenters. The molecule has 1 rings (SSSR count). The average molecular weight is 321 g/mol. The number of hydrogen-bond donors (Lipinski definition) is 2. The normalized spacial score (nSPS) is 12.2. The minimum Gasteiger partial charge on any atom is -0.389 e. The summed E-state index contributed by atoms with van der Waals surface area (Å²) in [5, 5.41) is 3.48. The lowest BCUT2D eigenvalue weighted by Crippen LogP contribution is -2.38. The molecule has 1 aromatic rings. The molecule has 0 aliphatic rings. The van der Waals surface area contributed by atoms with Gasteiger partial charge in [-0.2, -0.15) is 0 Å². The second-order valence-electron chi connectivity index (χ2n) is 4.94. The number of nitrogens with two attached hydrogens (primary N) is 1. The first-order valence-electron chi connectivity index (χ1n) is 5.57. The smallest absolute Gasteiger partial charge is 0.154 e. The summed E-state index contributed by atoms with van der Waals surface area (Å²) >= 11 is 10.9. The summed E-state index contributed by atoms with van der Waals surface area (Å²) < 4.78 is 22.3. The van der Waals surface area contributed by atoms with Crippen LogP contribution in [0.15, 0.2) is 18.2 Å². The van der Waals surface area contributed by atoms with Crippen molar-refractivity contribution < 1.29 is 8.42 Å². The largest absolute Gasteiger partial charge is 0.389 e. The van der Waals surface area contributed by atoms with Crippen molar-refractivity contribution >= 4 is 44.3 Å². The zero-order valence-corrected chi connectivity index (χ0v) is 13.4. The van der Waals surface area contributed by atoms with Gasteiger partial charge in [-0.25, -0.2) is 8.42 Å². The third-order valence-electron chi connectivity index (χ3n) is 2.96. The molecule has 0 saturated heterocycles. The van der Waals surface area contributed by atoms with E-state index in [9.17, 15) is 8.42 Å². The van der Waals surface area contributed by atoms with Gasteiger partial charge in [0.25, 0.3) is 0 Å². The van der Waals surface area contributed by atoms with E-state index in [2.05, 4.69) is 5.32 Å². The van der Waals surface area contributed by atoms with Crippen LogP contribution in [0, 0.1) is 0 Å². The first kappa shape index (κ1) is 16.2. The van der Waals surface area contributed by atoms with E-state index in [1.807, 2.05) is 0 Å². The van der Waals surface area contributed by atoms with Crippen LogP contribution in [0.5, 0.6) is 0 Å². The van der Waals surface area contributed by atoms with E-state index in [0.29, 0.717) is 16.3 Å². The number of halogens is 1. The van der Waals surface area contributed by atoms with Crippen LogP contribution >= 0.6 is 23.8 Å². The van der Waals surface area contributed by atoms with Crippen LogP contribution in [0.2, 0.25) is 5.02 Å². The van der Waals surface area contributed by atoms with Crippen LogP contribution in [-0.4, -0.2) is 31.0 Å². The Balaban J connectivity index is 2.88. The van der Waals surface area contributed by atoms with Crippen LogP contribution in [-0.2, 0) is 9.84 Å². The molecule has 0 saturated carbocycles. The molecule has 0 fully saturated rings. The van der Waals surface area contributed by atoms with Gasteiger partial charge in [0.2, 0.25) is 0 Å². The Kier molecular flexibility index (Phi) is 4.81. The maximum atomic E-state index is 11.6. The van der Waals surface area contributed by atoms with Gasteiger partial charge in [-0.1, -0.05) is 23.8 Å². The molecule has 19 heavy (non-hydrogen) atoms. The molecule has 0 heterocycles. The van der Waals surface area contributed by atoms with Gasteiger partial charge in [-0.15, -0.1) is 0 Å². The molecule has 7 heteroatoms. The Morgan fingerprint density at radius 2 is 2.05 bits per heavy atom. The lowest BCUT2D eigenvalue weighted by Gasteiger charge is -2.23. The second-order valence-corrected chi connectivity index (χ2v) is 8.44. The first-order valence-corrected chi connectivity index (χ1v) is 8.25. The fourth-order valence-electron chi connectivity index (χ4n) is 1.25. The standard InChI is InChI=1S/C12H17ClN2O2S2/c1-12(2,19(3,16)17)7-15-10-5-4-8(11(14)18)6-9(10)13/h4-6,15H,7H2,1-3H3,(H2,14,18). The molecule has 1 aromatic carbocycles. The Bertz CT molecular complexity index is 598. The van der Waals surface area contributed by atoms with Crippen molar-refractivity contribution in [2.45, 2.75) is 18.6 Å². The maximum Gasteiger partial charge on any atom is 0.154 e. The number of benzene rings is 1. The molecule has 0 spiro atoms. The topological polar surface area (TPSA) is 72.2 Å². The minimum atomic E-state index is -3.15. The van der Waals surface area contributed by atoms with Crippen LogP contribution in [0.1, 0.15) is 19.4 Å². The predicted octanol–water partition coefficient (Wildman–Crippen LogP) is 2.21. The molecule has 4 nitrogen and oxygen atoms in total. The zero-order chi connectivity index (χ0) is 14.8. The molecule has 0 aliphatic carbocycles. The third-order valence-corrected chi connectivity index (χ3v) is 5.66. The Morgan fingerprint density at radius 1 is 1.47 bits per heavy atom. The number of thiocarbonyl (C=S) groups is 1. The van der Waals surface area contributed by atoms with Crippen molar-refractivity contribution in [2.75, 3.05) is 18.1 Å². The Hall–Kier alpha value is -0.850. The SMILES string of the molecule is CC(C)(CNc1ccc(C(N)=S)cc1Cl)S(C)(=O)=O. The fraction of sp³-hybridized carbons (Fsp3) is 0.417. The van der Waals surface area contributed by atoms with Gasteiger partial charge >= 0.3 is 0 Å². The number of anilines is 1. The Labute approximate surface area is 124 Å². The van der Waals surface area contributed by atoms with E-state index in [1.54, 1.807) is 32.0 Å². The van der Waals surface area contributed by atoms with E-state index in [1.165, 1.54) is 6.26 Å². The summed E-state index contributed by atoms with van der Waals surface area (Å²) in [5.41, 5.74) is 6.83. The molecule has 0 amide bonds. The lowest BCUT2D eigenvalue weighted by molar-refractivity contribution is 0.560. The van der Waals surface area contributed by atoms with Crippen LogP contribution in [0.25, 0.3) is 0 Å². The summed E-state index contributed by atoms with van der Waals surface area (Å²) in [5.74, 6) is 0. The van der Waals surface area contributed by atoms with Crippen LogP contribution < -0.4 is 11.1 Å². The molecule has 0 aromatic heterocycles. The summed E-state index contributed by atoms with van der Waals surface area (Å²) in [4.78, 5) is 0.268. The fourth-order valence-corrected chi connectivity index (χ4v) is 1.96. The first-order chi connectivity index (χ1) is 8.54. The molecule has 106 valence electrons. The number of rotatable bonds is 5. The van der Waals surface area contributed by atoms with Crippen molar-refractivity contribution in [3.05, 3.63) is 28.8 Å². The summed E-state index contributed by atoms with van der Waals surface area (Å²) in [6.45, 7) is 3.58. The average Bonchev–Trinajstić information content (AvgIpc) is 2.25. The van der Waals surface area contributed by atoms with Crippen molar-refractivity contribution in [3.8, 4) is 0 Å². The predicted molar refractivity (Wildman–Crippen MR) is 84.8 cm³/mol. The molecule has 0 unspecified atom stereocenters. The van der Waals surface area contributed by atoms with Crippen molar-refractivity contribution in [1.29, 1.82) is 0 Å². The van der Waals surface area contributed by atoms with Crippen LogP contribution in [0.4, 0.5) is 5.69 Å². The highest BCUT2D eigenvalue weighted by Gasteiger charge is 2.29. The van der Waals surface area contributed by atoms with E-state index in [-0.39, 0.29) is 11.5 Å². The van der Waals surface area contributed by atoms with Gasteiger partial charge in [0, 0.05) is 18.4 Å². The summed E-state index contributed by atoms with van der Waals surface area (Å²) in [7, 11) is -3.15. The van der Waals surface area contributed by atoms with Gasteiger partial charge in [0.15, 0.2) is 9.84 Å². The molecular weight excluding hydrogens is 304 g/mol. The number of nitrogens with one attached hydrogen (secondary N) is 1. The lowest BCUT2D eigenvalue weighted by atomic mass is 10.1. The molecule has 0 radical (unpaired) electrons. The summed E-state index contributed by atoms with van der Waals surface area (Å²) in [6.07, 6.45) is 1.21. The van der Waals surface area contributed by atoms with Gasteiger partial charge in [0.05, 0.1) is 15.5 Å². The van der Waals surface area contributed by atoms with E-state index in [4.69, 9.17) is 29.6 Å². The minimum absolute atomic E-state index is 0.262. The summed E-state index contributed by atoms with van der Waals surface area (Å²) in [6, 6.07) is 5.12. The second kappa shape index (κ2) is 5.64. The van der Waals surface area contributed by atoms with Gasteiger partial charge < -0.3 is 11.1 Å². The van der Waals surface area contributed by atoms with E-state index in [0.717, 1.165) is 0 Å². The quantitative estimate of drug-likeness (QED) is 0.814. The zero-order valence-electron chi connectivity index (χ0n) is 11.0. The van der Waals surface area contributed by atoms with Crippen molar-refractivity contribution in [2.24, 2.45) is 5.73 Å². The van der Waals surface area contributed by atoms with E-state index >= 15 is 0 Å². The monoisotopic (exact) mass is 320 g/mol. The highest BCUT2D eigenvalue weighted by Crippen LogP contribution is 2.25. The van der Waals surface area contributed by atoms with Crippen molar-refractivity contribution in [1.82, 2.24) is 0 Å². The number of hydrogen-bond acceptors (Lipinski definition) is 4. The molecule has 3 N–H and O–H groups in total.